The smallest absolute Gasteiger partial charge is 0.141 e. The maximum Gasteiger partial charge on any atom is 0.141 e. The molecule has 5 aromatic rings. The van der Waals surface area contributed by atoms with Gasteiger partial charge in [0.15, 0.2) is 0 Å². The maximum absolute atomic E-state index is 6.21. The van der Waals surface area contributed by atoms with E-state index in [1.807, 2.05) is 25.1 Å². The van der Waals surface area contributed by atoms with Gasteiger partial charge in [0, 0.05) is 31.5 Å². The lowest BCUT2D eigenvalue weighted by Gasteiger charge is -2.13. The zero-order valence-electron chi connectivity index (χ0n) is 19.5. The topological polar surface area (TPSA) is 116 Å². The number of benzene rings is 1. The molecule has 5 heterocycles. The van der Waals surface area contributed by atoms with Crippen LogP contribution in [0.15, 0.2) is 36.5 Å². The van der Waals surface area contributed by atoms with Crippen LogP contribution in [-0.2, 0) is 11.2 Å². The molecule has 1 aromatic carbocycles. The lowest BCUT2D eigenvalue weighted by Crippen LogP contribution is -2.19. The highest BCUT2D eigenvalue weighted by Crippen LogP contribution is 2.31. The molecule has 0 radical (unpaired) electrons. The third kappa shape index (κ3) is 4.45. The normalized spacial score (nSPS) is 15.7. The third-order valence-electron chi connectivity index (χ3n) is 6.38. The Bertz CT molecular complexity index is 1560. The number of ether oxygens (including phenoxy) is 1. The monoisotopic (exact) mass is 522 g/mol. The Balaban J connectivity index is 1.33. The van der Waals surface area contributed by atoms with Gasteiger partial charge in [0.05, 0.1) is 55.0 Å². The molecule has 1 fully saturated rings. The highest BCUT2D eigenvalue weighted by atomic mass is 35.5. The van der Waals surface area contributed by atoms with Crippen molar-refractivity contribution >= 4 is 62.3 Å². The summed E-state index contributed by atoms with van der Waals surface area (Å²) >= 11 is 12.3. The highest BCUT2D eigenvalue weighted by Gasteiger charge is 2.19. The van der Waals surface area contributed by atoms with Gasteiger partial charge in [0.2, 0.25) is 0 Å². The molecular weight excluding hydrogens is 499 g/mol. The predicted octanol–water partition coefficient (Wildman–Crippen LogP) is 5.77. The number of fused-ring (bicyclic) bond motifs is 2. The summed E-state index contributed by atoms with van der Waals surface area (Å²) in [5.74, 6) is 1.47. The van der Waals surface area contributed by atoms with Crippen molar-refractivity contribution < 1.29 is 4.74 Å². The first-order valence-corrected chi connectivity index (χ1v) is 12.5. The number of halogens is 2. The van der Waals surface area contributed by atoms with E-state index in [9.17, 15) is 0 Å². The molecule has 11 heteroatoms. The maximum atomic E-state index is 6.21. The molecule has 184 valence electrons. The van der Waals surface area contributed by atoms with Crippen molar-refractivity contribution in [2.75, 3.05) is 23.8 Å². The van der Waals surface area contributed by atoms with E-state index >= 15 is 0 Å². The summed E-state index contributed by atoms with van der Waals surface area (Å²) in [6.45, 7) is 3.51. The van der Waals surface area contributed by atoms with Crippen LogP contribution in [0.4, 0.5) is 17.3 Å². The number of H-pyrrole nitrogens is 2. The summed E-state index contributed by atoms with van der Waals surface area (Å²) in [5.41, 5.74) is 5.18. The van der Waals surface area contributed by atoms with E-state index < -0.39 is 0 Å². The van der Waals surface area contributed by atoms with Crippen LogP contribution in [0, 0.1) is 6.92 Å². The summed E-state index contributed by atoms with van der Waals surface area (Å²) in [6, 6.07) is 9.30. The van der Waals surface area contributed by atoms with E-state index in [1.165, 1.54) is 0 Å². The lowest BCUT2D eigenvalue weighted by atomic mass is 10.1. The van der Waals surface area contributed by atoms with Crippen molar-refractivity contribution in [3.63, 3.8) is 0 Å². The molecule has 0 spiro atoms. The fourth-order valence-corrected chi connectivity index (χ4v) is 4.92. The molecule has 1 aliphatic rings. The van der Waals surface area contributed by atoms with Crippen molar-refractivity contribution in [3.8, 4) is 0 Å². The number of hydrogen-bond acceptors (Lipinski definition) is 7. The van der Waals surface area contributed by atoms with E-state index in [0.29, 0.717) is 28.8 Å². The van der Waals surface area contributed by atoms with Gasteiger partial charge in [0.1, 0.15) is 11.6 Å². The van der Waals surface area contributed by atoms with Crippen molar-refractivity contribution in [3.05, 3.63) is 63.7 Å². The Labute approximate surface area is 217 Å². The van der Waals surface area contributed by atoms with Gasteiger partial charge in [-0.1, -0.05) is 23.2 Å². The fraction of sp³-hybridized carbons (Fsp3) is 0.280. The minimum absolute atomic E-state index is 0.203. The molecule has 1 atom stereocenters. The van der Waals surface area contributed by atoms with Crippen LogP contribution in [0.3, 0.4) is 0 Å². The largest absolute Gasteiger partial charge is 0.376 e. The van der Waals surface area contributed by atoms with Crippen LogP contribution in [0.2, 0.25) is 10.0 Å². The first-order valence-electron chi connectivity index (χ1n) is 11.8. The Morgan fingerprint density at radius 3 is 2.75 bits per heavy atom. The molecule has 1 aliphatic heterocycles. The van der Waals surface area contributed by atoms with Crippen molar-refractivity contribution in [1.29, 1.82) is 0 Å². The van der Waals surface area contributed by atoms with Crippen LogP contribution in [0.1, 0.15) is 29.9 Å². The average molecular weight is 523 g/mol. The molecule has 0 amide bonds. The van der Waals surface area contributed by atoms with Crippen LogP contribution >= 0.6 is 23.2 Å². The molecule has 0 bridgehead atoms. The third-order valence-corrected chi connectivity index (χ3v) is 7.12. The number of aromatic amines is 2. The molecule has 6 rings (SSSR count). The van der Waals surface area contributed by atoms with Gasteiger partial charge in [-0.2, -0.15) is 10.2 Å². The molecular formula is C25H24Cl2N8O. The number of anilines is 3. The quantitative estimate of drug-likeness (QED) is 0.214. The minimum Gasteiger partial charge on any atom is -0.376 e. The first-order chi connectivity index (χ1) is 17.5. The number of rotatable bonds is 7. The first kappa shape index (κ1) is 23.0. The summed E-state index contributed by atoms with van der Waals surface area (Å²) in [5, 5.41) is 24.9. The van der Waals surface area contributed by atoms with Crippen LogP contribution in [0.5, 0.6) is 0 Å². The predicted molar refractivity (Wildman–Crippen MR) is 143 cm³/mol. The second-order valence-corrected chi connectivity index (χ2v) is 9.71. The number of aryl methyl sites for hydroxylation is 1. The number of aromatic nitrogens is 6. The molecule has 9 nitrogen and oxygen atoms in total. The molecule has 0 aliphatic carbocycles. The SMILES string of the molecule is Cc1n[nH]c2cc(Cc3n[nH]c4ccnc(Nc5ccc(Cl)c(Cl)c5)c34)nc(NCC3CCCO3)c12. The van der Waals surface area contributed by atoms with E-state index in [-0.39, 0.29) is 6.10 Å². The minimum atomic E-state index is 0.203. The van der Waals surface area contributed by atoms with E-state index in [1.54, 1.807) is 18.3 Å². The van der Waals surface area contributed by atoms with Gasteiger partial charge >= 0.3 is 0 Å². The zero-order valence-corrected chi connectivity index (χ0v) is 21.0. The fourth-order valence-electron chi connectivity index (χ4n) is 4.62. The van der Waals surface area contributed by atoms with E-state index in [4.69, 9.17) is 32.9 Å². The standard InChI is InChI=1S/C25H24Cl2N8O/c1-13-22-20(34-32-13)10-15(31-24(22)29-12-16-3-2-8-36-16)11-21-23-19(33-35-21)6-7-28-25(23)30-14-4-5-17(26)18(27)9-14/h4-7,9-10,16H,2-3,8,11-12H2,1H3,(H,28,30)(H,29,31)(H,32,34)(H,33,35). The second kappa shape index (κ2) is 9.57. The van der Waals surface area contributed by atoms with E-state index in [2.05, 4.69) is 36.0 Å². The summed E-state index contributed by atoms with van der Waals surface area (Å²) in [6.07, 6.45) is 4.59. The van der Waals surface area contributed by atoms with Crippen molar-refractivity contribution in [1.82, 2.24) is 30.4 Å². The number of nitrogens with zero attached hydrogens (tertiary/aromatic N) is 4. The second-order valence-electron chi connectivity index (χ2n) is 8.89. The number of hydrogen-bond donors (Lipinski definition) is 4. The van der Waals surface area contributed by atoms with E-state index in [0.717, 1.165) is 69.8 Å². The van der Waals surface area contributed by atoms with Gasteiger partial charge in [-0.05, 0) is 50.1 Å². The van der Waals surface area contributed by atoms with Crippen LogP contribution < -0.4 is 10.6 Å². The van der Waals surface area contributed by atoms with Crippen molar-refractivity contribution in [2.45, 2.75) is 32.3 Å². The van der Waals surface area contributed by atoms with Crippen LogP contribution in [-0.4, -0.2) is 49.6 Å². The molecule has 36 heavy (non-hydrogen) atoms. The average Bonchev–Trinajstić information content (AvgIpc) is 3.62. The molecule has 1 unspecified atom stereocenters. The Morgan fingerprint density at radius 1 is 1.03 bits per heavy atom. The van der Waals surface area contributed by atoms with Gasteiger partial charge in [0.25, 0.3) is 0 Å². The van der Waals surface area contributed by atoms with Crippen LogP contribution in [0.25, 0.3) is 21.8 Å². The Morgan fingerprint density at radius 2 is 1.92 bits per heavy atom. The Kier molecular flexibility index (Phi) is 6.12. The molecule has 4 aromatic heterocycles. The molecule has 4 N–H and O–H groups in total. The summed E-state index contributed by atoms with van der Waals surface area (Å²) in [4.78, 5) is 9.52. The highest BCUT2D eigenvalue weighted by molar-refractivity contribution is 6.42. The lowest BCUT2D eigenvalue weighted by molar-refractivity contribution is 0.120. The van der Waals surface area contributed by atoms with Gasteiger partial charge in [-0.25, -0.2) is 9.97 Å². The van der Waals surface area contributed by atoms with Crippen molar-refractivity contribution in [2.24, 2.45) is 0 Å². The van der Waals surface area contributed by atoms with Gasteiger partial charge < -0.3 is 15.4 Å². The number of nitrogens with one attached hydrogen (secondary N) is 4. The molecule has 0 saturated carbocycles. The zero-order chi connectivity index (χ0) is 24.6. The number of pyridine rings is 2. The van der Waals surface area contributed by atoms with Gasteiger partial charge in [-0.15, -0.1) is 0 Å². The Hall–Kier alpha value is -3.40. The summed E-state index contributed by atoms with van der Waals surface area (Å²) in [7, 11) is 0. The van der Waals surface area contributed by atoms with Gasteiger partial charge in [-0.3, -0.25) is 10.2 Å². The molecule has 1 saturated heterocycles. The summed E-state index contributed by atoms with van der Waals surface area (Å²) < 4.78 is 5.78.